The van der Waals surface area contributed by atoms with E-state index in [1.807, 2.05) is 0 Å². The average Bonchev–Trinajstić information content (AvgIpc) is 2.97. The van der Waals surface area contributed by atoms with E-state index in [1.54, 1.807) is 16.6 Å². The van der Waals surface area contributed by atoms with Crippen molar-refractivity contribution in [2.45, 2.75) is 19.4 Å². The molecule has 0 fully saturated rings. The number of urea groups is 1. The molecule has 2 amide bonds. The Morgan fingerprint density at radius 2 is 2.50 bits per heavy atom. The first kappa shape index (κ1) is 11.1. The number of H-pyrrole nitrogens is 1. The fourth-order valence-corrected chi connectivity index (χ4v) is 2.43. The van der Waals surface area contributed by atoms with Gasteiger partial charge in [-0.3, -0.25) is 10.4 Å². The Bertz CT molecular complexity index is 536. The predicted molar refractivity (Wildman–Crippen MR) is 66.2 cm³/mol. The molecule has 94 valence electrons. The molecule has 0 atom stereocenters. The highest BCUT2D eigenvalue weighted by molar-refractivity contribution is 7.13. The highest BCUT2D eigenvalue weighted by Crippen LogP contribution is 2.17. The van der Waals surface area contributed by atoms with Gasteiger partial charge in [0.15, 0.2) is 0 Å². The number of carbonyl (C=O) groups is 1. The summed E-state index contributed by atoms with van der Waals surface area (Å²) < 4.78 is 0. The van der Waals surface area contributed by atoms with Gasteiger partial charge in [-0.05, 0) is 12.8 Å². The van der Waals surface area contributed by atoms with Gasteiger partial charge in [-0.2, -0.15) is 5.10 Å². The summed E-state index contributed by atoms with van der Waals surface area (Å²) >= 11 is 1.31. The Morgan fingerprint density at radius 3 is 3.33 bits per heavy atom. The van der Waals surface area contributed by atoms with E-state index in [1.165, 1.54) is 11.3 Å². The number of rotatable bonds is 1. The molecule has 0 saturated heterocycles. The van der Waals surface area contributed by atoms with E-state index in [0.29, 0.717) is 11.7 Å². The molecule has 0 spiro atoms. The summed E-state index contributed by atoms with van der Waals surface area (Å²) in [6.45, 7) is 1.31. The minimum Gasteiger partial charge on any atom is -0.320 e. The maximum Gasteiger partial charge on any atom is 0.323 e. The number of nitrogens with one attached hydrogen (secondary N) is 2. The molecule has 0 aromatic carbocycles. The molecule has 3 heterocycles. The molecule has 2 N–H and O–H groups in total. The van der Waals surface area contributed by atoms with E-state index >= 15 is 0 Å². The molecule has 1 aliphatic heterocycles. The number of aryl methyl sites for hydroxylation is 1. The van der Waals surface area contributed by atoms with E-state index in [2.05, 4.69) is 25.7 Å². The molecule has 0 unspecified atom stereocenters. The van der Waals surface area contributed by atoms with Gasteiger partial charge in [0.05, 0.1) is 12.7 Å². The van der Waals surface area contributed by atoms with Gasteiger partial charge in [-0.15, -0.1) is 10.2 Å². The molecule has 2 aromatic rings. The van der Waals surface area contributed by atoms with Crippen molar-refractivity contribution in [3.05, 3.63) is 23.0 Å². The van der Waals surface area contributed by atoms with Gasteiger partial charge in [0.1, 0.15) is 5.51 Å². The number of hydrogen-bond donors (Lipinski definition) is 2. The van der Waals surface area contributed by atoms with Crippen LogP contribution in [0.3, 0.4) is 0 Å². The standard InChI is InChI=1S/C10H12N6OS/c17-10(13-9-15-12-6-18-9)16-3-1-2-8-7(5-16)4-11-14-8/h4,6H,1-3,5H2,(H,11,14)(H,13,15,17). The van der Waals surface area contributed by atoms with Crippen LogP contribution in [0.15, 0.2) is 11.7 Å². The summed E-state index contributed by atoms with van der Waals surface area (Å²) in [5.74, 6) is 0. The molecule has 3 rings (SSSR count). The van der Waals surface area contributed by atoms with Crippen LogP contribution in [0.2, 0.25) is 0 Å². The molecule has 7 nitrogen and oxygen atoms in total. The first-order valence-corrected chi connectivity index (χ1v) is 6.54. The van der Waals surface area contributed by atoms with Crippen molar-refractivity contribution < 1.29 is 4.79 Å². The lowest BCUT2D eigenvalue weighted by atomic mass is 10.2. The Balaban J connectivity index is 1.71. The van der Waals surface area contributed by atoms with E-state index in [0.717, 1.165) is 30.6 Å². The molecule has 0 bridgehead atoms. The van der Waals surface area contributed by atoms with Crippen LogP contribution in [0.25, 0.3) is 0 Å². The largest absolute Gasteiger partial charge is 0.323 e. The number of aromatic amines is 1. The maximum atomic E-state index is 12.1. The highest BCUT2D eigenvalue weighted by Gasteiger charge is 2.20. The van der Waals surface area contributed by atoms with Crippen molar-refractivity contribution in [1.82, 2.24) is 25.3 Å². The van der Waals surface area contributed by atoms with Crippen LogP contribution in [0.1, 0.15) is 17.7 Å². The van der Waals surface area contributed by atoms with Gasteiger partial charge in [0.25, 0.3) is 0 Å². The smallest absolute Gasteiger partial charge is 0.320 e. The second-order valence-corrected chi connectivity index (χ2v) is 4.91. The molecule has 0 saturated carbocycles. The van der Waals surface area contributed by atoms with Crippen molar-refractivity contribution in [3.63, 3.8) is 0 Å². The Labute approximate surface area is 107 Å². The van der Waals surface area contributed by atoms with Crippen molar-refractivity contribution >= 4 is 22.5 Å². The topological polar surface area (TPSA) is 86.8 Å². The average molecular weight is 264 g/mol. The summed E-state index contributed by atoms with van der Waals surface area (Å²) in [6, 6.07) is -0.138. The summed E-state index contributed by atoms with van der Waals surface area (Å²) in [6.07, 6.45) is 3.64. The lowest BCUT2D eigenvalue weighted by Crippen LogP contribution is -2.34. The molecule has 0 aliphatic carbocycles. The maximum absolute atomic E-state index is 12.1. The Morgan fingerprint density at radius 1 is 1.56 bits per heavy atom. The van der Waals surface area contributed by atoms with E-state index < -0.39 is 0 Å². The quantitative estimate of drug-likeness (QED) is 0.811. The molecular weight excluding hydrogens is 252 g/mol. The fourth-order valence-electron chi connectivity index (χ4n) is 1.99. The van der Waals surface area contributed by atoms with Crippen LogP contribution in [0.4, 0.5) is 9.93 Å². The summed E-state index contributed by atoms with van der Waals surface area (Å²) in [5.41, 5.74) is 3.80. The van der Waals surface area contributed by atoms with Crippen LogP contribution in [-0.4, -0.2) is 37.9 Å². The molecule has 0 radical (unpaired) electrons. The third-order valence-corrected chi connectivity index (χ3v) is 3.49. The minimum absolute atomic E-state index is 0.138. The number of anilines is 1. The Kier molecular flexibility index (Phi) is 2.93. The SMILES string of the molecule is O=C(Nc1nncs1)N1CCCc2[nH]ncc2C1. The van der Waals surface area contributed by atoms with Gasteiger partial charge >= 0.3 is 6.03 Å². The van der Waals surface area contributed by atoms with E-state index in [-0.39, 0.29) is 6.03 Å². The molecule has 2 aromatic heterocycles. The van der Waals surface area contributed by atoms with Crippen LogP contribution in [-0.2, 0) is 13.0 Å². The van der Waals surface area contributed by atoms with Gasteiger partial charge in [0.2, 0.25) is 5.13 Å². The van der Waals surface area contributed by atoms with Gasteiger partial charge in [-0.1, -0.05) is 11.3 Å². The second kappa shape index (κ2) is 4.73. The number of carbonyl (C=O) groups excluding carboxylic acids is 1. The molecular formula is C10H12N6OS. The van der Waals surface area contributed by atoms with Gasteiger partial charge < -0.3 is 4.90 Å². The number of nitrogens with zero attached hydrogens (tertiary/aromatic N) is 4. The third kappa shape index (κ3) is 2.19. The van der Waals surface area contributed by atoms with Crippen LogP contribution in [0.5, 0.6) is 0 Å². The fraction of sp³-hybridized carbons (Fsp3) is 0.400. The summed E-state index contributed by atoms with van der Waals surface area (Å²) in [5, 5.41) is 17.7. The van der Waals surface area contributed by atoms with Gasteiger partial charge in [0, 0.05) is 17.8 Å². The zero-order valence-corrected chi connectivity index (χ0v) is 10.4. The number of amides is 2. The van der Waals surface area contributed by atoms with Crippen LogP contribution >= 0.6 is 11.3 Å². The lowest BCUT2D eigenvalue weighted by molar-refractivity contribution is 0.210. The lowest BCUT2D eigenvalue weighted by Gasteiger charge is -2.19. The monoisotopic (exact) mass is 264 g/mol. The van der Waals surface area contributed by atoms with Crippen molar-refractivity contribution in [3.8, 4) is 0 Å². The Hall–Kier alpha value is -1.96. The second-order valence-electron chi connectivity index (χ2n) is 4.07. The van der Waals surface area contributed by atoms with Crippen molar-refractivity contribution in [2.75, 3.05) is 11.9 Å². The number of hydrogen-bond acceptors (Lipinski definition) is 5. The number of aromatic nitrogens is 4. The normalized spacial score (nSPS) is 15.0. The molecule has 8 heteroatoms. The molecule has 18 heavy (non-hydrogen) atoms. The summed E-state index contributed by atoms with van der Waals surface area (Å²) in [7, 11) is 0. The first-order valence-electron chi connectivity index (χ1n) is 5.66. The molecule has 1 aliphatic rings. The van der Waals surface area contributed by atoms with Gasteiger partial charge in [-0.25, -0.2) is 4.79 Å². The van der Waals surface area contributed by atoms with Crippen LogP contribution in [0, 0.1) is 0 Å². The first-order chi connectivity index (χ1) is 8.83. The van der Waals surface area contributed by atoms with E-state index in [4.69, 9.17) is 0 Å². The highest BCUT2D eigenvalue weighted by atomic mass is 32.1. The predicted octanol–water partition coefficient (Wildman–Crippen LogP) is 1.24. The van der Waals surface area contributed by atoms with Crippen molar-refractivity contribution in [2.24, 2.45) is 0 Å². The zero-order chi connectivity index (χ0) is 12.4. The third-order valence-electron chi connectivity index (χ3n) is 2.88. The van der Waals surface area contributed by atoms with Crippen molar-refractivity contribution in [1.29, 1.82) is 0 Å². The zero-order valence-electron chi connectivity index (χ0n) is 9.59. The minimum atomic E-state index is -0.138. The van der Waals surface area contributed by atoms with Crippen LogP contribution < -0.4 is 5.32 Å². The van der Waals surface area contributed by atoms with E-state index in [9.17, 15) is 4.79 Å². The summed E-state index contributed by atoms with van der Waals surface area (Å²) in [4.78, 5) is 13.8. The number of fused-ring (bicyclic) bond motifs is 1.